The largest absolute Gasteiger partial charge is 0.0876 e. The minimum Gasteiger partial charge on any atom is -0.0876 e. The van der Waals surface area contributed by atoms with Gasteiger partial charge in [0.15, 0.2) is 0 Å². The highest BCUT2D eigenvalue weighted by atomic mass is 32.4. The van der Waals surface area contributed by atoms with Gasteiger partial charge in [-0.3, -0.25) is 0 Å². The standard InChI is InChI=1S/C20H27PS/c1-2-3-4-5-6-13-18-21(22,19-14-9-7-10-15-19)20-16-11-8-12-17-20/h7-12,14-17H,2-6,13,18H2,1H3. The highest BCUT2D eigenvalue weighted by Crippen LogP contribution is 2.44. The topological polar surface area (TPSA) is 0 Å². The summed E-state index contributed by atoms with van der Waals surface area (Å²) in [7, 11) is 0. The molecular weight excluding hydrogens is 303 g/mol. The van der Waals surface area contributed by atoms with Crippen LogP contribution in [0.15, 0.2) is 60.7 Å². The fraction of sp³-hybridized carbons (Fsp3) is 0.400. The Morgan fingerprint density at radius 3 is 1.64 bits per heavy atom. The van der Waals surface area contributed by atoms with Crippen LogP contribution in [0.4, 0.5) is 0 Å². The van der Waals surface area contributed by atoms with E-state index in [1.165, 1.54) is 49.1 Å². The van der Waals surface area contributed by atoms with E-state index in [9.17, 15) is 0 Å². The molecule has 2 aromatic carbocycles. The van der Waals surface area contributed by atoms with Crippen LogP contribution in [-0.2, 0) is 11.8 Å². The molecule has 0 nitrogen and oxygen atoms in total. The zero-order chi connectivity index (χ0) is 15.7. The predicted molar refractivity (Wildman–Crippen MR) is 105 cm³/mol. The van der Waals surface area contributed by atoms with Gasteiger partial charge in [-0.05, 0) is 23.2 Å². The second-order valence-corrected chi connectivity index (χ2v) is 10.7. The number of benzene rings is 2. The van der Waals surface area contributed by atoms with E-state index in [1.54, 1.807) is 0 Å². The zero-order valence-corrected chi connectivity index (χ0v) is 15.3. The molecule has 118 valence electrons. The van der Waals surface area contributed by atoms with E-state index in [1.807, 2.05) is 0 Å². The Morgan fingerprint density at radius 2 is 1.14 bits per heavy atom. The van der Waals surface area contributed by atoms with E-state index in [2.05, 4.69) is 67.6 Å². The van der Waals surface area contributed by atoms with Crippen molar-refractivity contribution in [3.63, 3.8) is 0 Å². The Bertz CT molecular complexity index is 534. The molecule has 2 aromatic rings. The summed E-state index contributed by atoms with van der Waals surface area (Å²) in [6, 6.07) is 19.9. The van der Waals surface area contributed by atoms with E-state index in [-0.39, 0.29) is 0 Å². The fourth-order valence-electron chi connectivity index (χ4n) is 2.86. The summed E-state index contributed by atoms with van der Waals surface area (Å²) in [6.07, 6.45) is 9.13. The van der Waals surface area contributed by atoms with E-state index in [0.29, 0.717) is 0 Å². The lowest BCUT2D eigenvalue weighted by Crippen LogP contribution is -2.18. The van der Waals surface area contributed by atoms with Crippen molar-refractivity contribution >= 4 is 28.5 Å². The van der Waals surface area contributed by atoms with Crippen LogP contribution in [-0.4, -0.2) is 6.16 Å². The van der Waals surface area contributed by atoms with Gasteiger partial charge in [-0.25, -0.2) is 0 Å². The molecule has 0 N–H and O–H groups in total. The molecule has 0 aliphatic carbocycles. The summed E-state index contributed by atoms with van der Waals surface area (Å²) in [5.74, 6) is 0. The highest BCUT2D eigenvalue weighted by molar-refractivity contribution is 8.21. The van der Waals surface area contributed by atoms with Crippen molar-refractivity contribution in [3.8, 4) is 0 Å². The number of rotatable bonds is 9. The quantitative estimate of drug-likeness (QED) is 0.433. The molecular formula is C20H27PS. The molecule has 0 amide bonds. The van der Waals surface area contributed by atoms with Crippen molar-refractivity contribution < 1.29 is 0 Å². The van der Waals surface area contributed by atoms with E-state index < -0.39 is 6.04 Å². The molecule has 0 aliphatic heterocycles. The fourth-order valence-corrected chi connectivity index (χ4v) is 6.77. The maximum absolute atomic E-state index is 6.25. The minimum absolute atomic E-state index is 1.16. The van der Waals surface area contributed by atoms with Crippen molar-refractivity contribution in [1.82, 2.24) is 0 Å². The highest BCUT2D eigenvalue weighted by Gasteiger charge is 2.21. The summed E-state index contributed by atoms with van der Waals surface area (Å²) in [5, 5.41) is 2.73. The van der Waals surface area contributed by atoms with Gasteiger partial charge in [0.05, 0.1) is 0 Å². The third-order valence-electron chi connectivity index (χ3n) is 4.17. The van der Waals surface area contributed by atoms with Crippen molar-refractivity contribution in [2.24, 2.45) is 0 Å². The average Bonchev–Trinajstić information content (AvgIpc) is 2.59. The molecule has 0 atom stereocenters. The lowest BCUT2D eigenvalue weighted by molar-refractivity contribution is 0.626. The van der Waals surface area contributed by atoms with Crippen LogP contribution in [0.2, 0.25) is 0 Å². The van der Waals surface area contributed by atoms with Gasteiger partial charge in [0.25, 0.3) is 0 Å². The third kappa shape index (κ3) is 4.80. The lowest BCUT2D eigenvalue weighted by Gasteiger charge is -2.23. The molecule has 0 fully saturated rings. The predicted octanol–water partition coefficient (Wildman–Crippen LogP) is 5.48. The van der Waals surface area contributed by atoms with Gasteiger partial charge in [-0.1, -0.05) is 111 Å². The van der Waals surface area contributed by atoms with Crippen molar-refractivity contribution in [3.05, 3.63) is 60.7 Å². The van der Waals surface area contributed by atoms with Crippen molar-refractivity contribution in [1.29, 1.82) is 0 Å². The summed E-state index contributed by atoms with van der Waals surface area (Å²) in [6.45, 7) is 2.27. The van der Waals surface area contributed by atoms with Gasteiger partial charge < -0.3 is 0 Å². The zero-order valence-electron chi connectivity index (χ0n) is 13.6. The molecule has 0 unspecified atom stereocenters. The van der Waals surface area contributed by atoms with E-state index in [4.69, 9.17) is 11.8 Å². The van der Waals surface area contributed by atoms with Crippen molar-refractivity contribution in [2.45, 2.75) is 45.4 Å². The first-order valence-corrected chi connectivity index (χ1v) is 11.5. The van der Waals surface area contributed by atoms with Gasteiger partial charge >= 0.3 is 0 Å². The first kappa shape index (κ1) is 17.4. The number of unbranched alkanes of at least 4 members (excludes halogenated alkanes) is 5. The van der Waals surface area contributed by atoms with Crippen LogP contribution in [0, 0.1) is 0 Å². The summed E-state index contributed by atoms with van der Waals surface area (Å²) in [4.78, 5) is 0. The Hall–Kier alpha value is -0.910. The first-order chi connectivity index (χ1) is 10.8. The molecule has 0 radical (unpaired) electrons. The van der Waals surface area contributed by atoms with Crippen LogP contribution in [0.3, 0.4) is 0 Å². The Kier molecular flexibility index (Phi) is 7.36. The monoisotopic (exact) mass is 330 g/mol. The molecule has 0 heterocycles. The van der Waals surface area contributed by atoms with Crippen LogP contribution in [0.25, 0.3) is 0 Å². The summed E-state index contributed by atoms with van der Waals surface area (Å²) in [5.41, 5.74) is 0. The van der Waals surface area contributed by atoms with Gasteiger partial charge in [0.1, 0.15) is 0 Å². The molecule has 2 rings (SSSR count). The van der Waals surface area contributed by atoms with Crippen LogP contribution >= 0.6 is 6.04 Å². The Morgan fingerprint density at radius 1 is 0.682 bits per heavy atom. The second-order valence-electron chi connectivity index (χ2n) is 5.90. The second kappa shape index (κ2) is 9.28. The van der Waals surface area contributed by atoms with E-state index in [0.717, 1.165) is 6.16 Å². The smallest absolute Gasteiger partial charge is 0.0106 e. The normalized spacial score (nSPS) is 11.5. The van der Waals surface area contributed by atoms with E-state index >= 15 is 0 Å². The number of hydrogen-bond acceptors (Lipinski definition) is 1. The van der Waals surface area contributed by atoms with Gasteiger partial charge in [-0.15, -0.1) is 0 Å². The summed E-state index contributed by atoms with van der Waals surface area (Å²) >= 11 is 6.25. The molecule has 2 heteroatoms. The minimum atomic E-state index is -1.65. The van der Waals surface area contributed by atoms with Gasteiger partial charge in [0.2, 0.25) is 0 Å². The number of hydrogen-bond donors (Lipinski definition) is 0. The SMILES string of the molecule is CCCCCCCCP(=S)(c1ccccc1)c1ccccc1. The van der Waals surface area contributed by atoms with Gasteiger partial charge in [-0.2, -0.15) is 0 Å². The van der Waals surface area contributed by atoms with Gasteiger partial charge in [0, 0.05) is 6.04 Å². The maximum atomic E-state index is 6.25. The Labute approximate surface area is 141 Å². The molecule has 22 heavy (non-hydrogen) atoms. The molecule has 0 saturated carbocycles. The summed E-state index contributed by atoms with van der Waals surface area (Å²) < 4.78 is 0. The third-order valence-corrected chi connectivity index (χ3v) is 9.20. The molecule has 0 aromatic heterocycles. The molecule has 0 spiro atoms. The molecule has 0 aliphatic rings. The van der Waals surface area contributed by atoms with Crippen molar-refractivity contribution in [2.75, 3.05) is 6.16 Å². The lowest BCUT2D eigenvalue weighted by atomic mass is 10.1. The molecule has 0 saturated heterocycles. The van der Waals surface area contributed by atoms with Crippen LogP contribution in [0.5, 0.6) is 0 Å². The molecule has 0 bridgehead atoms. The van der Waals surface area contributed by atoms with Crippen LogP contribution < -0.4 is 10.6 Å². The van der Waals surface area contributed by atoms with Crippen LogP contribution in [0.1, 0.15) is 45.4 Å². The Balaban J connectivity index is 2.09. The maximum Gasteiger partial charge on any atom is 0.0106 e. The first-order valence-electron chi connectivity index (χ1n) is 8.47. The average molecular weight is 330 g/mol.